The second-order valence-corrected chi connectivity index (χ2v) is 4.41. The molecular formula is C13H16F2N2O2. The Bertz CT molecular complexity index is 442. The minimum absolute atomic E-state index is 0.284. The summed E-state index contributed by atoms with van der Waals surface area (Å²) in [6.07, 6.45) is 0. The summed E-state index contributed by atoms with van der Waals surface area (Å²) in [7, 11) is 1.27. The number of hydrogen-bond donors (Lipinski definition) is 1. The Morgan fingerprint density at radius 1 is 1.26 bits per heavy atom. The molecule has 0 aliphatic carbocycles. The van der Waals surface area contributed by atoms with E-state index in [4.69, 9.17) is 4.74 Å². The van der Waals surface area contributed by atoms with Crippen molar-refractivity contribution < 1.29 is 18.3 Å². The summed E-state index contributed by atoms with van der Waals surface area (Å²) in [5.41, 5.74) is 0.284. The number of carbonyl (C=O) groups is 1. The van der Waals surface area contributed by atoms with Crippen LogP contribution in [-0.4, -0.2) is 44.2 Å². The predicted molar refractivity (Wildman–Crippen MR) is 65.6 cm³/mol. The zero-order chi connectivity index (χ0) is 13.8. The lowest BCUT2D eigenvalue weighted by Gasteiger charge is -2.33. The molecule has 1 aliphatic rings. The molecule has 0 bridgehead atoms. The molecule has 1 aliphatic heterocycles. The highest BCUT2D eigenvalue weighted by Gasteiger charge is 2.30. The predicted octanol–water partition coefficient (Wildman–Crippen LogP) is 1.08. The average molecular weight is 270 g/mol. The first kappa shape index (κ1) is 13.9. The third-order valence-electron chi connectivity index (χ3n) is 3.14. The van der Waals surface area contributed by atoms with Crippen LogP contribution in [0.4, 0.5) is 8.78 Å². The molecule has 0 amide bonds. The summed E-state index contributed by atoms with van der Waals surface area (Å²) in [5.74, 6) is -1.90. The van der Waals surface area contributed by atoms with Crippen LogP contribution in [0.5, 0.6) is 0 Å². The molecule has 1 fully saturated rings. The van der Waals surface area contributed by atoms with Crippen molar-refractivity contribution in [3.05, 3.63) is 35.4 Å². The molecule has 0 spiro atoms. The first-order valence-electron chi connectivity index (χ1n) is 6.10. The van der Waals surface area contributed by atoms with Gasteiger partial charge in [-0.2, -0.15) is 0 Å². The normalized spacial score (nSPS) is 18.1. The minimum atomic E-state index is -0.766. The van der Waals surface area contributed by atoms with Gasteiger partial charge in [-0.15, -0.1) is 0 Å². The van der Waals surface area contributed by atoms with Crippen LogP contribution in [0.25, 0.3) is 0 Å². The van der Waals surface area contributed by atoms with Crippen molar-refractivity contribution in [2.24, 2.45) is 0 Å². The Kier molecular flexibility index (Phi) is 4.44. The molecular weight excluding hydrogens is 254 g/mol. The number of nitrogens with one attached hydrogen (secondary N) is 1. The van der Waals surface area contributed by atoms with Gasteiger partial charge in [-0.1, -0.05) is 0 Å². The smallest absolute Gasteiger partial charge is 0.327 e. The monoisotopic (exact) mass is 270 g/mol. The highest BCUT2D eigenvalue weighted by Crippen LogP contribution is 2.24. The summed E-state index contributed by atoms with van der Waals surface area (Å²) < 4.78 is 31.4. The average Bonchev–Trinajstić information content (AvgIpc) is 2.39. The zero-order valence-corrected chi connectivity index (χ0v) is 10.7. The molecule has 1 atom stereocenters. The molecule has 0 radical (unpaired) electrons. The summed E-state index contributed by atoms with van der Waals surface area (Å²) in [6.45, 7) is 2.70. The number of ether oxygens (including phenoxy) is 1. The highest BCUT2D eigenvalue weighted by molar-refractivity contribution is 5.77. The van der Waals surface area contributed by atoms with Gasteiger partial charge >= 0.3 is 5.97 Å². The molecule has 0 aromatic heterocycles. The Hall–Kier alpha value is -1.53. The van der Waals surface area contributed by atoms with E-state index in [1.807, 2.05) is 4.90 Å². The Morgan fingerprint density at radius 3 is 2.37 bits per heavy atom. The summed E-state index contributed by atoms with van der Waals surface area (Å²) in [6, 6.07) is 2.37. The number of benzene rings is 1. The lowest BCUT2D eigenvalue weighted by molar-refractivity contribution is -0.147. The fourth-order valence-electron chi connectivity index (χ4n) is 2.28. The Balaban J connectivity index is 2.33. The van der Waals surface area contributed by atoms with Crippen LogP contribution >= 0.6 is 0 Å². The molecule has 4 nitrogen and oxygen atoms in total. The summed E-state index contributed by atoms with van der Waals surface area (Å²) in [5, 5.41) is 3.16. The first-order chi connectivity index (χ1) is 9.11. The molecule has 1 unspecified atom stereocenters. The lowest BCUT2D eigenvalue weighted by Crippen LogP contribution is -2.47. The van der Waals surface area contributed by atoms with Crippen molar-refractivity contribution in [3.63, 3.8) is 0 Å². The highest BCUT2D eigenvalue weighted by atomic mass is 19.1. The molecule has 1 aromatic rings. The number of hydrogen-bond acceptors (Lipinski definition) is 4. The first-order valence-corrected chi connectivity index (χ1v) is 6.10. The number of esters is 1. The second-order valence-electron chi connectivity index (χ2n) is 4.41. The van der Waals surface area contributed by atoms with Crippen LogP contribution in [0.2, 0.25) is 0 Å². The van der Waals surface area contributed by atoms with E-state index in [0.717, 1.165) is 19.2 Å². The van der Waals surface area contributed by atoms with Crippen LogP contribution in [0.15, 0.2) is 18.2 Å². The van der Waals surface area contributed by atoms with Crippen molar-refractivity contribution in [2.45, 2.75) is 6.04 Å². The van der Waals surface area contributed by atoms with Gasteiger partial charge in [0.1, 0.15) is 17.7 Å². The van der Waals surface area contributed by atoms with E-state index in [-0.39, 0.29) is 5.56 Å². The van der Waals surface area contributed by atoms with Gasteiger partial charge in [-0.25, -0.2) is 13.6 Å². The molecule has 6 heteroatoms. The van der Waals surface area contributed by atoms with Gasteiger partial charge in [0.05, 0.1) is 7.11 Å². The number of halogens is 2. The van der Waals surface area contributed by atoms with Gasteiger partial charge in [0.15, 0.2) is 0 Å². The second kappa shape index (κ2) is 6.08. The molecule has 1 aromatic carbocycles. The van der Waals surface area contributed by atoms with Gasteiger partial charge in [-0.05, 0) is 17.7 Å². The third kappa shape index (κ3) is 3.27. The van der Waals surface area contributed by atoms with Crippen LogP contribution in [0.1, 0.15) is 11.6 Å². The molecule has 2 rings (SSSR count). The van der Waals surface area contributed by atoms with Gasteiger partial charge < -0.3 is 10.1 Å². The van der Waals surface area contributed by atoms with Crippen LogP contribution in [0, 0.1) is 11.6 Å². The zero-order valence-electron chi connectivity index (χ0n) is 10.7. The number of piperazine rings is 1. The SMILES string of the molecule is COC(=O)C(c1cc(F)cc(F)c1)N1CCNCC1. The number of rotatable bonds is 3. The van der Waals surface area contributed by atoms with Crippen LogP contribution in [-0.2, 0) is 9.53 Å². The maximum absolute atomic E-state index is 13.3. The van der Waals surface area contributed by atoms with Gasteiger partial charge in [0, 0.05) is 32.2 Å². The molecule has 1 N–H and O–H groups in total. The van der Waals surface area contributed by atoms with E-state index < -0.39 is 23.6 Å². The number of methoxy groups -OCH3 is 1. The van der Waals surface area contributed by atoms with E-state index in [9.17, 15) is 13.6 Å². The fourth-order valence-corrected chi connectivity index (χ4v) is 2.28. The van der Waals surface area contributed by atoms with Crippen LogP contribution in [0.3, 0.4) is 0 Å². The van der Waals surface area contributed by atoms with Gasteiger partial charge in [0.2, 0.25) is 0 Å². The van der Waals surface area contributed by atoms with Crippen molar-refractivity contribution in [2.75, 3.05) is 33.3 Å². The molecule has 19 heavy (non-hydrogen) atoms. The maximum atomic E-state index is 13.3. The van der Waals surface area contributed by atoms with E-state index in [1.165, 1.54) is 19.2 Å². The maximum Gasteiger partial charge on any atom is 0.327 e. The van der Waals surface area contributed by atoms with Crippen molar-refractivity contribution >= 4 is 5.97 Å². The molecule has 0 saturated carbocycles. The standard InChI is InChI=1S/C13H16F2N2O2/c1-19-13(18)12(17-4-2-16-3-5-17)9-6-10(14)8-11(15)7-9/h6-8,12,16H,2-5H2,1H3. The quantitative estimate of drug-likeness (QED) is 0.835. The minimum Gasteiger partial charge on any atom is -0.468 e. The molecule has 104 valence electrons. The number of carbonyl (C=O) groups excluding carboxylic acids is 1. The number of nitrogens with zero attached hydrogens (tertiary/aromatic N) is 1. The topological polar surface area (TPSA) is 41.6 Å². The molecule has 1 saturated heterocycles. The fraction of sp³-hybridized carbons (Fsp3) is 0.462. The van der Waals surface area contributed by atoms with E-state index >= 15 is 0 Å². The summed E-state index contributed by atoms with van der Waals surface area (Å²) >= 11 is 0. The third-order valence-corrected chi connectivity index (χ3v) is 3.14. The van der Waals surface area contributed by atoms with E-state index in [1.54, 1.807) is 0 Å². The molecule has 1 heterocycles. The largest absolute Gasteiger partial charge is 0.468 e. The lowest BCUT2D eigenvalue weighted by atomic mass is 10.0. The van der Waals surface area contributed by atoms with Crippen LogP contribution < -0.4 is 5.32 Å². The summed E-state index contributed by atoms with van der Waals surface area (Å²) in [4.78, 5) is 13.8. The van der Waals surface area contributed by atoms with Gasteiger partial charge in [0.25, 0.3) is 0 Å². The van der Waals surface area contributed by atoms with Crippen molar-refractivity contribution in [3.8, 4) is 0 Å². The van der Waals surface area contributed by atoms with Crippen molar-refractivity contribution in [1.82, 2.24) is 10.2 Å². The Labute approximate surface area is 110 Å². The van der Waals surface area contributed by atoms with E-state index in [2.05, 4.69) is 5.32 Å². The van der Waals surface area contributed by atoms with Gasteiger partial charge in [-0.3, -0.25) is 4.90 Å². The van der Waals surface area contributed by atoms with E-state index in [0.29, 0.717) is 13.1 Å². The van der Waals surface area contributed by atoms with Crippen molar-refractivity contribution in [1.29, 1.82) is 0 Å². The Morgan fingerprint density at radius 2 is 1.84 bits per heavy atom.